The van der Waals surface area contributed by atoms with Crippen LogP contribution in [0.2, 0.25) is 0 Å². The van der Waals surface area contributed by atoms with Crippen LogP contribution < -0.4 is 10.1 Å². The fraction of sp³-hybridized carbons (Fsp3) is 0.333. The van der Waals surface area contributed by atoms with Crippen LogP contribution in [-0.2, 0) is 0 Å². The third-order valence-corrected chi connectivity index (χ3v) is 5.99. The molecule has 4 rings (SSSR count). The number of piperidine rings is 1. The molecule has 0 aliphatic carbocycles. The average Bonchev–Trinajstić information content (AvgIpc) is 2.84. The zero-order valence-corrected chi connectivity index (χ0v) is 18.8. The van der Waals surface area contributed by atoms with Crippen LogP contribution in [0.1, 0.15) is 37.2 Å². The van der Waals surface area contributed by atoms with Crippen molar-refractivity contribution in [3.8, 4) is 22.6 Å². The first kappa shape index (κ1) is 22.0. The number of likely N-dealkylation sites (tertiary alicyclic amines) is 1. The number of ether oxygens (including phenoxy) is 1. The highest BCUT2D eigenvalue weighted by Crippen LogP contribution is 2.26. The number of aromatic nitrogens is 1. The van der Waals surface area contributed by atoms with Crippen molar-refractivity contribution in [3.63, 3.8) is 0 Å². The number of carbonyl (C=O) groups excluding carboxylic acids is 1. The molecule has 1 N–H and O–H groups in total. The Hall–Kier alpha value is -3.18. The molecule has 5 heteroatoms. The summed E-state index contributed by atoms with van der Waals surface area (Å²) < 4.78 is 5.97. The van der Waals surface area contributed by atoms with E-state index in [1.807, 2.05) is 42.5 Å². The van der Waals surface area contributed by atoms with Crippen molar-refractivity contribution in [3.05, 3.63) is 78.6 Å². The molecule has 0 radical (unpaired) electrons. The predicted octanol–water partition coefficient (Wildman–Crippen LogP) is 5.39. The maximum atomic E-state index is 12.7. The van der Waals surface area contributed by atoms with Crippen LogP contribution in [-0.4, -0.2) is 41.5 Å². The van der Waals surface area contributed by atoms with Gasteiger partial charge in [0.25, 0.3) is 5.91 Å². The van der Waals surface area contributed by atoms with Crippen LogP contribution >= 0.6 is 0 Å². The van der Waals surface area contributed by atoms with E-state index >= 15 is 0 Å². The van der Waals surface area contributed by atoms with E-state index in [1.54, 1.807) is 18.3 Å². The first-order chi connectivity index (χ1) is 15.6. The van der Waals surface area contributed by atoms with Gasteiger partial charge in [0.2, 0.25) is 0 Å². The van der Waals surface area contributed by atoms with Gasteiger partial charge in [-0.2, -0.15) is 0 Å². The Morgan fingerprint density at radius 2 is 1.81 bits per heavy atom. The molecule has 1 aromatic heterocycles. The second-order valence-electron chi connectivity index (χ2n) is 8.68. The standard InChI is InChI=1S/C27H31N3O2/c1-20(2)30-16-6-7-21(19-30)18-29-27(31)26-17-25(14-15-28-26)32-24-12-10-23(11-13-24)22-8-4-3-5-9-22/h3-5,8-15,17,20-21H,6-7,16,18-19H2,1-2H3,(H,29,31)/t21-/m1/s1. The molecule has 1 saturated heterocycles. The van der Waals surface area contributed by atoms with Gasteiger partial charge in [-0.1, -0.05) is 42.5 Å². The summed E-state index contributed by atoms with van der Waals surface area (Å²) in [5.41, 5.74) is 2.67. The van der Waals surface area contributed by atoms with Gasteiger partial charge in [-0.15, -0.1) is 0 Å². The second kappa shape index (κ2) is 10.4. The van der Waals surface area contributed by atoms with Gasteiger partial charge in [-0.3, -0.25) is 9.78 Å². The lowest BCUT2D eigenvalue weighted by Crippen LogP contribution is -2.43. The topological polar surface area (TPSA) is 54.5 Å². The summed E-state index contributed by atoms with van der Waals surface area (Å²) in [6, 6.07) is 22.2. The molecule has 1 atom stereocenters. The van der Waals surface area contributed by atoms with E-state index in [9.17, 15) is 4.79 Å². The molecule has 5 nitrogen and oxygen atoms in total. The van der Waals surface area contributed by atoms with E-state index in [4.69, 9.17) is 4.74 Å². The Labute approximate surface area is 190 Å². The molecule has 1 fully saturated rings. The maximum absolute atomic E-state index is 12.7. The number of hydrogen-bond acceptors (Lipinski definition) is 4. The first-order valence-electron chi connectivity index (χ1n) is 11.4. The van der Waals surface area contributed by atoms with Crippen molar-refractivity contribution in [1.82, 2.24) is 15.2 Å². The van der Waals surface area contributed by atoms with Gasteiger partial charge in [0.15, 0.2) is 0 Å². The van der Waals surface area contributed by atoms with E-state index in [-0.39, 0.29) is 5.91 Å². The SMILES string of the molecule is CC(C)N1CCC[C@H](CNC(=O)c2cc(Oc3ccc(-c4ccccc4)cc3)ccn2)C1. The van der Waals surface area contributed by atoms with Gasteiger partial charge in [-0.05, 0) is 68.5 Å². The van der Waals surface area contributed by atoms with Crippen LogP contribution in [0, 0.1) is 5.92 Å². The molecular weight excluding hydrogens is 398 g/mol. The van der Waals surface area contributed by atoms with Crippen molar-refractivity contribution < 1.29 is 9.53 Å². The van der Waals surface area contributed by atoms with E-state index < -0.39 is 0 Å². The maximum Gasteiger partial charge on any atom is 0.270 e. The van der Waals surface area contributed by atoms with E-state index in [0.29, 0.717) is 29.9 Å². The first-order valence-corrected chi connectivity index (χ1v) is 11.4. The van der Waals surface area contributed by atoms with E-state index in [0.717, 1.165) is 36.4 Å². The number of hydrogen-bond donors (Lipinski definition) is 1. The van der Waals surface area contributed by atoms with Crippen LogP contribution in [0.5, 0.6) is 11.5 Å². The molecule has 32 heavy (non-hydrogen) atoms. The van der Waals surface area contributed by atoms with Crippen LogP contribution in [0.25, 0.3) is 11.1 Å². The summed E-state index contributed by atoms with van der Waals surface area (Å²) in [7, 11) is 0. The molecule has 0 unspecified atom stereocenters. The minimum atomic E-state index is -0.156. The third kappa shape index (κ3) is 5.74. The largest absolute Gasteiger partial charge is 0.457 e. The average molecular weight is 430 g/mol. The van der Waals surface area contributed by atoms with E-state index in [1.165, 1.54) is 6.42 Å². The molecule has 0 saturated carbocycles. The number of nitrogens with one attached hydrogen (secondary N) is 1. The molecule has 2 aromatic carbocycles. The molecule has 0 spiro atoms. The molecule has 1 amide bonds. The molecule has 1 aliphatic heterocycles. The Morgan fingerprint density at radius 1 is 1.06 bits per heavy atom. The summed E-state index contributed by atoms with van der Waals surface area (Å²) in [6.45, 7) is 7.32. The fourth-order valence-corrected chi connectivity index (χ4v) is 4.14. The van der Waals surface area contributed by atoms with E-state index in [2.05, 4.69) is 41.2 Å². The lowest BCUT2D eigenvalue weighted by Gasteiger charge is -2.35. The summed E-state index contributed by atoms with van der Waals surface area (Å²) >= 11 is 0. The molecule has 3 aromatic rings. The van der Waals surface area contributed by atoms with Gasteiger partial charge < -0.3 is 15.0 Å². The number of rotatable bonds is 7. The normalized spacial score (nSPS) is 16.7. The zero-order chi connectivity index (χ0) is 22.3. The minimum Gasteiger partial charge on any atom is -0.457 e. The quantitative estimate of drug-likeness (QED) is 0.547. The lowest BCUT2D eigenvalue weighted by atomic mass is 9.97. The molecule has 166 valence electrons. The number of carbonyl (C=O) groups is 1. The Bertz CT molecular complexity index is 1020. The smallest absolute Gasteiger partial charge is 0.270 e. The van der Waals surface area contributed by atoms with Crippen molar-refractivity contribution in [2.75, 3.05) is 19.6 Å². The molecule has 2 heterocycles. The highest BCUT2D eigenvalue weighted by Gasteiger charge is 2.22. The zero-order valence-electron chi connectivity index (χ0n) is 18.8. The number of nitrogens with zero attached hydrogens (tertiary/aromatic N) is 2. The number of benzene rings is 2. The lowest BCUT2D eigenvalue weighted by molar-refractivity contribution is 0.0917. The second-order valence-corrected chi connectivity index (χ2v) is 8.68. The molecule has 0 bridgehead atoms. The van der Waals surface area contributed by atoms with Crippen LogP contribution in [0.4, 0.5) is 0 Å². The predicted molar refractivity (Wildman–Crippen MR) is 128 cm³/mol. The monoisotopic (exact) mass is 429 g/mol. The summed E-state index contributed by atoms with van der Waals surface area (Å²) in [5, 5.41) is 3.06. The van der Waals surface area contributed by atoms with Gasteiger partial charge in [-0.25, -0.2) is 0 Å². The Kier molecular flexibility index (Phi) is 7.17. The van der Waals surface area contributed by atoms with Gasteiger partial charge in [0.1, 0.15) is 17.2 Å². The highest BCUT2D eigenvalue weighted by atomic mass is 16.5. The van der Waals surface area contributed by atoms with Crippen molar-refractivity contribution in [2.24, 2.45) is 5.92 Å². The Morgan fingerprint density at radius 3 is 2.56 bits per heavy atom. The van der Waals surface area contributed by atoms with Gasteiger partial charge in [0.05, 0.1) is 0 Å². The van der Waals surface area contributed by atoms with Crippen LogP contribution in [0.3, 0.4) is 0 Å². The summed E-state index contributed by atoms with van der Waals surface area (Å²) in [4.78, 5) is 19.4. The van der Waals surface area contributed by atoms with Crippen molar-refractivity contribution in [1.29, 1.82) is 0 Å². The Balaban J connectivity index is 1.34. The van der Waals surface area contributed by atoms with Crippen molar-refractivity contribution in [2.45, 2.75) is 32.7 Å². The summed E-state index contributed by atoms with van der Waals surface area (Å²) in [5.74, 6) is 1.65. The van der Waals surface area contributed by atoms with Gasteiger partial charge >= 0.3 is 0 Å². The molecule has 1 aliphatic rings. The highest BCUT2D eigenvalue weighted by molar-refractivity contribution is 5.92. The minimum absolute atomic E-state index is 0.156. The number of pyridine rings is 1. The molecular formula is C27H31N3O2. The summed E-state index contributed by atoms with van der Waals surface area (Å²) in [6.07, 6.45) is 3.95. The van der Waals surface area contributed by atoms with Gasteiger partial charge in [0, 0.05) is 31.4 Å². The number of amides is 1. The van der Waals surface area contributed by atoms with Crippen molar-refractivity contribution >= 4 is 5.91 Å². The third-order valence-electron chi connectivity index (χ3n) is 5.99. The fourth-order valence-electron chi connectivity index (χ4n) is 4.14. The van der Waals surface area contributed by atoms with Crippen LogP contribution in [0.15, 0.2) is 72.9 Å².